The summed E-state index contributed by atoms with van der Waals surface area (Å²) in [5.41, 5.74) is 7.88. The van der Waals surface area contributed by atoms with Crippen molar-refractivity contribution in [3.8, 4) is 5.75 Å². The van der Waals surface area contributed by atoms with Gasteiger partial charge in [0.2, 0.25) is 5.91 Å². The van der Waals surface area contributed by atoms with E-state index in [-0.39, 0.29) is 17.9 Å². The highest BCUT2D eigenvalue weighted by Crippen LogP contribution is 2.20. The molecule has 1 unspecified atom stereocenters. The van der Waals surface area contributed by atoms with E-state index in [1.54, 1.807) is 7.11 Å². The first-order valence-electron chi connectivity index (χ1n) is 6.61. The van der Waals surface area contributed by atoms with Gasteiger partial charge in [0.05, 0.1) is 13.0 Å². The van der Waals surface area contributed by atoms with E-state index in [1.165, 1.54) is 0 Å². The number of hydrogen-bond donors (Lipinski definition) is 2. The van der Waals surface area contributed by atoms with E-state index in [0.29, 0.717) is 13.0 Å². The van der Waals surface area contributed by atoms with Gasteiger partial charge in [0.25, 0.3) is 0 Å². The standard InChI is InChI=1S/C15H24N2O2/c1-10(2)17-15(18)13(9-16)8-12-5-6-14(19-4)11(3)7-12/h5-7,10,13H,8-9,16H2,1-4H3,(H,17,18). The van der Waals surface area contributed by atoms with Crippen LogP contribution in [0.4, 0.5) is 0 Å². The van der Waals surface area contributed by atoms with Gasteiger partial charge in [-0.15, -0.1) is 0 Å². The molecular weight excluding hydrogens is 240 g/mol. The number of carbonyl (C=O) groups excluding carboxylic acids is 1. The zero-order valence-corrected chi connectivity index (χ0v) is 12.2. The van der Waals surface area contributed by atoms with Crippen LogP contribution in [0.5, 0.6) is 5.75 Å². The van der Waals surface area contributed by atoms with Crippen molar-refractivity contribution in [2.45, 2.75) is 33.2 Å². The van der Waals surface area contributed by atoms with E-state index in [2.05, 4.69) is 5.32 Å². The van der Waals surface area contributed by atoms with Crippen LogP contribution in [0, 0.1) is 12.8 Å². The largest absolute Gasteiger partial charge is 0.496 e. The Hall–Kier alpha value is -1.55. The molecule has 0 radical (unpaired) electrons. The lowest BCUT2D eigenvalue weighted by atomic mass is 9.97. The third kappa shape index (κ3) is 4.56. The van der Waals surface area contributed by atoms with Crippen LogP contribution in [0.25, 0.3) is 0 Å². The van der Waals surface area contributed by atoms with Gasteiger partial charge in [0, 0.05) is 12.6 Å². The van der Waals surface area contributed by atoms with Crippen LogP contribution in [0.1, 0.15) is 25.0 Å². The number of rotatable bonds is 6. The lowest BCUT2D eigenvalue weighted by Crippen LogP contribution is -2.39. The van der Waals surface area contributed by atoms with Gasteiger partial charge in [-0.05, 0) is 44.4 Å². The molecule has 0 heterocycles. The Labute approximate surface area is 115 Å². The summed E-state index contributed by atoms with van der Waals surface area (Å²) in [5, 5.41) is 2.91. The predicted octanol–water partition coefficient (Wildman–Crippen LogP) is 1.65. The number of nitrogens with two attached hydrogens (primary N) is 1. The highest BCUT2D eigenvalue weighted by Gasteiger charge is 2.18. The number of benzene rings is 1. The summed E-state index contributed by atoms with van der Waals surface area (Å²) in [6.07, 6.45) is 0.653. The molecule has 1 aromatic rings. The van der Waals surface area contributed by atoms with Crippen LogP contribution in [0.15, 0.2) is 18.2 Å². The first-order chi connectivity index (χ1) is 8.97. The average Bonchev–Trinajstić information content (AvgIpc) is 2.35. The molecule has 106 valence electrons. The first kappa shape index (κ1) is 15.5. The number of carbonyl (C=O) groups is 1. The Bertz CT molecular complexity index is 430. The molecule has 0 spiro atoms. The van der Waals surface area contributed by atoms with Crippen LogP contribution >= 0.6 is 0 Å². The molecule has 0 bridgehead atoms. The fraction of sp³-hybridized carbons (Fsp3) is 0.533. The molecule has 1 amide bonds. The molecule has 0 saturated carbocycles. The summed E-state index contributed by atoms with van der Waals surface area (Å²) in [5.74, 6) is 0.695. The monoisotopic (exact) mass is 264 g/mol. The van der Waals surface area contributed by atoms with E-state index in [4.69, 9.17) is 10.5 Å². The minimum absolute atomic E-state index is 0.0194. The maximum Gasteiger partial charge on any atom is 0.224 e. The maximum absolute atomic E-state index is 12.0. The minimum atomic E-state index is -0.185. The smallest absolute Gasteiger partial charge is 0.224 e. The molecule has 0 aliphatic heterocycles. The second-order valence-electron chi connectivity index (χ2n) is 5.10. The Morgan fingerprint density at radius 1 is 1.42 bits per heavy atom. The molecule has 4 heteroatoms. The number of aryl methyl sites for hydroxylation is 1. The molecule has 0 aliphatic rings. The summed E-state index contributed by atoms with van der Waals surface area (Å²) < 4.78 is 5.23. The van der Waals surface area contributed by atoms with E-state index in [1.807, 2.05) is 39.0 Å². The molecule has 19 heavy (non-hydrogen) atoms. The second-order valence-corrected chi connectivity index (χ2v) is 5.10. The van der Waals surface area contributed by atoms with Gasteiger partial charge in [0.15, 0.2) is 0 Å². The van der Waals surface area contributed by atoms with Crippen LogP contribution in [-0.4, -0.2) is 25.6 Å². The van der Waals surface area contributed by atoms with E-state index >= 15 is 0 Å². The molecule has 1 aromatic carbocycles. The minimum Gasteiger partial charge on any atom is -0.496 e. The Kier molecular flexibility index (Phi) is 5.83. The predicted molar refractivity (Wildman–Crippen MR) is 77.3 cm³/mol. The Morgan fingerprint density at radius 2 is 2.11 bits per heavy atom. The van der Waals surface area contributed by atoms with Gasteiger partial charge in [0.1, 0.15) is 5.75 Å². The number of hydrogen-bond acceptors (Lipinski definition) is 3. The van der Waals surface area contributed by atoms with Crippen molar-refractivity contribution >= 4 is 5.91 Å². The number of ether oxygens (including phenoxy) is 1. The molecule has 0 aliphatic carbocycles. The van der Waals surface area contributed by atoms with E-state index < -0.39 is 0 Å². The molecule has 0 fully saturated rings. The van der Waals surface area contributed by atoms with Crippen LogP contribution < -0.4 is 15.8 Å². The molecule has 0 aromatic heterocycles. The van der Waals surface area contributed by atoms with Crippen molar-refractivity contribution in [3.05, 3.63) is 29.3 Å². The van der Waals surface area contributed by atoms with E-state index in [0.717, 1.165) is 16.9 Å². The van der Waals surface area contributed by atoms with Gasteiger partial charge in [-0.25, -0.2) is 0 Å². The zero-order chi connectivity index (χ0) is 14.4. The fourth-order valence-corrected chi connectivity index (χ4v) is 2.04. The quantitative estimate of drug-likeness (QED) is 0.821. The Balaban J connectivity index is 2.75. The maximum atomic E-state index is 12.0. The lowest BCUT2D eigenvalue weighted by molar-refractivity contribution is -0.125. The van der Waals surface area contributed by atoms with Gasteiger partial charge in [-0.1, -0.05) is 12.1 Å². The Morgan fingerprint density at radius 3 is 2.58 bits per heavy atom. The summed E-state index contributed by atoms with van der Waals surface area (Å²) in [6.45, 7) is 6.24. The molecule has 1 atom stereocenters. The van der Waals surface area contributed by atoms with Crippen molar-refractivity contribution in [2.75, 3.05) is 13.7 Å². The summed E-state index contributed by atoms with van der Waals surface area (Å²) in [7, 11) is 1.65. The number of nitrogens with one attached hydrogen (secondary N) is 1. The van der Waals surface area contributed by atoms with Gasteiger partial charge >= 0.3 is 0 Å². The fourth-order valence-electron chi connectivity index (χ4n) is 2.04. The lowest BCUT2D eigenvalue weighted by Gasteiger charge is -2.17. The normalized spacial score (nSPS) is 12.3. The van der Waals surface area contributed by atoms with Crippen LogP contribution in [0.2, 0.25) is 0 Å². The van der Waals surface area contributed by atoms with Crippen molar-refractivity contribution in [3.63, 3.8) is 0 Å². The number of amides is 1. The average molecular weight is 264 g/mol. The number of methoxy groups -OCH3 is 1. The molecule has 3 N–H and O–H groups in total. The van der Waals surface area contributed by atoms with Crippen molar-refractivity contribution < 1.29 is 9.53 Å². The van der Waals surface area contributed by atoms with Crippen molar-refractivity contribution in [1.82, 2.24) is 5.32 Å². The molecular formula is C15H24N2O2. The third-order valence-electron chi connectivity index (χ3n) is 3.03. The molecule has 4 nitrogen and oxygen atoms in total. The van der Waals surface area contributed by atoms with Crippen LogP contribution in [0.3, 0.4) is 0 Å². The second kappa shape index (κ2) is 7.14. The SMILES string of the molecule is COc1ccc(CC(CN)C(=O)NC(C)C)cc1C. The zero-order valence-electron chi connectivity index (χ0n) is 12.2. The molecule has 1 rings (SSSR count). The van der Waals surface area contributed by atoms with Gasteiger partial charge < -0.3 is 15.8 Å². The highest BCUT2D eigenvalue weighted by atomic mass is 16.5. The third-order valence-corrected chi connectivity index (χ3v) is 3.03. The summed E-state index contributed by atoms with van der Waals surface area (Å²) in [4.78, 5) is 12.0. The van der Waals surface area contributed by atoms with Crippen molar-refractivity contribution in [2.24, 2.45) is 11.7 Å². The highest BCUT2D eigenvalue weighted by molar-refractivity contribution is 5.79. The van der Waals surface area contributed by atoms with Crippen LogP contribution in [-0.2, 0) is 11.2 Å². The van der Waals surface area contributed by atoms with Crippen molar-refractivity contribution in [1.29, 1.82) is 0 Å². The summed E-state index contributed by atoms with van der Waals surface area (Å²) in [6, 6.07) is 6.10. The van der Waals surface area contributed by atoms with Gasteiger partial charge in [-0.3, -0.25) is 4.79 Å². The topological polar surface area (TPSA) is 64.3 Å². The first-order valence-corrected chi connectivity index (χ1v) is 6.61. The molecule has 0 saturated heterocycles. The van der Waals surface area contributed by atoms with E-state index in [9.17, 15) is 4.79 Å². The van der Waals surface area contributed by atoms with Gasteiger partial charge in [-0.2, -0.15) is 0 Å². The summed E-state index contributed by atoms with van der Waals surface area (Å²) >= 11 is 0.